The molecule has 122 valence electrons. The second kappa shape index (κ2) is 7.47. The molecule has 0 heterocycles. The molecule has 0 bridgehead atoms. The molecule has 0 aliphatic heterocycles. The maximum atomic E-state index is 11.8. The fraction of sp³-hybridized carbons (Fsp3) is 0.467. The van der Waals surface area contributed by atoms with E-state index in [0.29, 0.717) is 16.3 Å². The number of anilines is 1. The molecule has 1 rings (SSSR count). The average molecular weight is 330 g/mol. The van der Waals surface area contributed by atoms with Crippen molar-refractivity contribution in [2.24, 2.45) is 0 Å². The number of amides is 1. The molecular weight excluding hydrogens is 310 g/mol. The molecule has 22 heavy (non-hydrogen) atoms. The second-order valence-electron chi connectivity index (χ2n) is 5.65. The molecule has 0 unspecified atom stereocenters. The maximum Gasteiger partial charge on any atom is 0.412 e. The lowest BCUT2D eigenvalue weighted by Gasteiger charge is -2.21. The molecule has 0 radical (unpaired) electrons. The van der Waals surface area contributed by atoms with Crippen molar-refractivity contribution in [2.45, 2.75) is 38.9 Å². The molecule has 0 aromatic heterocycles. The lowest BCUT2D eigenvalue weighted by molar-refractivity contribution is -0.142. The standard InChI is InChI=1S/C15H20ClNO5/c1-15(2,3)22-14(20)17-11-6-5-9(16)7-10(11)12(18)8-13(19)21-4/h5-7,12,18H,8H2,1-4H3,(H,17,20)/t12-/m1/s1. The molecule has 0 aliphatic carbocycles. The van der Waals surface area contributed by atoms with Gasteiger partial charge in [-0.25, -0.2) is 4.79 Å². The molecule has 1 aromatic rings. The number of benzene rings is 1. The van der Waals surface area contributed by atoms with E-state index in [1.807, 2.05) is 0 Å². The summed E-state index contributed by atoms with van der Waals surface area (Å²) in [4.78, 5) is 23.1. The van der Waals surface area contributed by atoms with Crippen LogP contribution < -0.4 is 5.32 Å². The van der Waals surface area contributed by atoms with Crippen LogP contribution in [-0.2, 0) is 14.3 Å². The van der Waals surface area contributed by atoms with Crippen LogP contribution in [0.3, 0.4) is 0 Å². The van der Waals surface area contributed by atoms with Crippen molar-refractivity contribution in [3.63, 3.8) is 0 Å². The number of aliphatic hydroxyl groups excluding tert-OH is 1. The van der Waals surface area contributed by atoms with E-state index in [1.165, 1.54) is 19.2 Å². The molecular formula is C15H20ClNO5. The van der Waals surface area contributed by atoms with E-state index in [4.69, 9.17) is 16.3 Å². The van der Waals surface area contributed by atoms with Gasteiger partial charge >= 0.3 is 12.1 Å². The van der Waals surface area contributed by atoms with Crippen LogP contribution in [0.25, 0.3) is 0 Å². The number of ether oxygens (including phenoxy) is 2. The van der Waals surface area contributed by atoms with Gasteiger partial charge in [0, 0.05) is 16.3 Å². The molecule has 7 heteroatoms. The largest absolute Gasteiger partial charge is 0.469 e. The summed E-state index contributed by atoms with van der Waals surface area (Å²) in [5, 5.41) is 13.0. The highest BCUT2D eigenvalue weighted by molar-refractivity contribution is 6.30. The minimum absolute atomic E-state index is 0.250. The zero-order valence-corrected chi connectivity index (χ0v) is 13.7. The van der Waals surface area contributed by atoms with Crippen molar-refractivity contribution in [2.75, 3.05) is 12.4 Å². The van der Waals surface area contributed by atoms with Crippen molar-refractivity contribution >= 4 is 29.4 Å². The van der Waals surface area contributed by atoms with Crippen LogP contribution in [0, 0.1) is 0 Å². The van der Waals surface area contributed by atoms with Gasteiger partial charge in [0.15, 0.2) is 0 Å². The lowest BCUT2D eigenvalue weighted by atomic mass is 10.0. The molecule has 0 fully saturated rings. The Morgan fingerprint density at radius 1 is 1.36 bits per heavy atom. The fourth-order valence-electron chi connectivity index (χ4n) is 1.69. The summed E-state index contributed by atoms with van der Waals surface area (Å²) in [5.74, 6) is -0.573. The number of rotatable bonds is 4. The van der Waals surface area contributed by atoms with Crippen molar-refractivity contribution in [1.82, 2.24) is 0 Å². The number of carbonyl (C=O) groups excluding carboxylic acids is 2. The quantitative estimate of drug-likeness (QED) is 0.828. The summed E-state index contributed by atoms with van der Waals surface area (Å²) >= 11 is 5.90. The molecule has 0 spiro atoms. The van der Waals surface area contributed by atoms with E-state index in [-0.39, 0.29) is 6.42 Å². The summed E-state index contributed by atoms with van der Waals surface area (Å²) < 4.78 is 9.67. The number of esters is 1. The van der Waals surface area contributed by atoms with E-state index in [0.717, 1.165) is 0 Å². The molecule has 1 atom stereocenters. The van der Waals surface area contributed by atoms with Crippen molar-refractivity contribution in [1.29, 1.82) is 0 Å². The zero-order chi connectivity index (χ0) is 16.9. The third kappa shape index (κ3) is 5.91. The van der Waals surface area contributed by atoms with Gasteiger partial charge in [-0.3, -0.25) is 10.1 Å². The van der Waals surface area contributed by atoms with Gasteiger partial charge in [-0.1, -0.05) is 11.6 Å². The highest BCUT2D eigenvalue weighted by atomic mass is 35.5. The van der Waals surface area contributed by atoms with Gasteiger partial charge in [0.2, 0.25) is 0 Å². The summed E-state index contributed by atoms with van der Waals surface area (Å²) in [6, 6.07) is 4.56. The monoisotopic (exact) mass is 329 g/mol. The Kier molecular flexibility index (Phi) is 6.20. The molecule has 1 amide bonds. The minimum Gasteiger partial charge on any atom is -0.469 e. The first-order valence-electron chi connectivity index (χ1n) is 6.66. The first-order chi connectivity index (χ1) is 10.1. The Morgan fingerprint density at radius 3 is 2.55 bits per heavy atom. The Hall–Kier alpha value is -1.79. The summed E-state index contributed by atoms with van der Waals surface area (Å²) in [5.41, 5.74) is -0.0276. The third-order valence-corrected chi connectivity index (χ3v) is 2.83. The normalized spacial score (nSPS) is 12.5. The Morgan fingerprint density at radius 2 is 2.00 bits per heavy atom. The van der Waals surface area contributed by atoms with Gasteiger partial charge in [0.05, 0.1) is 19.6 Å². The molecule has 1 aromatic carbocycles. The number of aliphatic hydroxyl groups is 1. The van der Waals surface area contributed by atoms with Crippen LogP contribution in [0.5, 0.6) is 0 Å². The van der Waals surface area contributed by atoms with Gasteiger partial charge < -0.3 is 14.6 Å². The van der Waals surface area contributed by atoms with Gasteiger partial charge in [-0.15, -0.1) is 0 Å². The number of hydrogen-bond donors (Lipinski definition) is 2. The number of methoxy groups -OCH3 is 1. The molecule has 6 nitrogen and oxygen atoms in total. The van der Waals surface area contributed by atoms with Crippen molar-refractivity contribution < 1.29 is 24.2 Å². The second-order valence-corrected chi connectivity index (χ2v) is 6.09. The van der Waals surface area contributed by atoms with E-state index < -0.39 is 23.8 Å². The van der Waals surface area contributed by atoms with Gasteiger partial charge in [0.25, 0.3) is 0 Å². The molecule has 0 saturated heterocycles. The van der Waals surface area contributed by atoms with Crippen LogP contribution in [-0.4, -0.2) is 29.9 Å². The first-order valence-corrected chi connectivity index (χ1v) is 7.04. The predicted octanol–water partition coefficient (Wildman–Crippen LogP) is 3.28. The Bertz CT molecular complexity index is 553. The number of nitrogens with one attached hydrogen (secondary N) is 1. The molecule has 2 N–H and O–H groups in total. The predicted molar refractivity (Wildman–Crippen MR) is 82.9 cm³/mol. The topological polar surface area (TPSA) is 84.9 Å². The van der Waals surface area contributed by atoms with Crippen LogP contribution in [0.1, 0.15) is 38.9 Å². The van der Waals surface area contributed by atoms with Gasteiger partial charge in [-0.05, 0) is 39.0 Å². The summed E-state index contributed by atoms with van der Waals surface area (Å²) in [7, 11) is 1.23. The third-order valence-electron chi connectivity index (χ3n) is 2.60. The SMILES string of the molecule is COC(=O)C[C@@H](O)c1cc(Cl)ccc1NC(=O)OC(C)(C)C. The van der Waals surface area contributed by atoms with E-state index in [9.17, 15) is 14.7 Å². The van der Waals surface area contributed by atoms with E-state index >= 15 is 0 Å². The minimum atomic E-state index is -1.16. The lowest BCUT2D eigenvalue weighted by Crippen LogP contribution is -2.27. The average Bonchev–Trinajstić information content (AvgIpc) is 2.38. The van der Waals surface area contributed by atoms with Crippen LogP contribution >= 0.6 is 11.6 Å². The zero-order valence-electron chi connectivity index (χ0n) is 13.0. The van der Waals surface area contributed by atoms with Crippen LogP contribution in [0.4, 0.5) is 10.5 Å². The van der Waals surface area contributed by atoms with Crippen LogP contribution in [0.2, 0.25) is 5.02 Å². The van der Waals surface area contributed by atoms with Crippen molar-refractivity contribution in [3.8, 4) is 0 Å². The van der Waals surface area contributed by atoms with E-state index in [2.05, 4.69) is 10.1 Å². The fourth-order valence-corrected chi connectivity index (χ4v) is 1.87. The molecule has 0 aliphatic rings. The first kappa shape index (κ1) is 18.3. The smallest absolute Gasteiger partial charge is 0.412 e. The van der Waals surface area contributed by atoms with Gasteiger partial charge in [0.1, 0.15) is 5.60 Å². The highest BCUT2D eigenvalue weighted by Crippen LogP contribution is 2.29. The Labute approximate surface area is 134 Å². The highest BCUT2D eigenvalue weighted by Gasteiger charge is 2.21. The Balaban J connectivity index is 2.95. The summed E-state index contributed by atoms with van der Waals surface area (Å²) in [6.07, 6.45) is -2.07. The number of halogens is 1. The van der Waals surface area contributed by atoms with Gasteiger partial charge in [-0.2, -0.15) is 0 Å². The number of carbonyl (C=O) groups is 2. The number of hydrogen-bond acceptors (Lipinski definition) is 5. The van der Waals surface area contributed by atoms with E-state index in [1.54, 1.807) is 26.8 Å². The maximum absolute atomic E-state index is 11.8. The molecule has 0 saturated carbocycles. The summed E-state index contributed by atoms with van der Waals surface area (Å²) in [6.45, 7) is 5.21. The van der Waals surface area contributed by atoms with Crippen molar-refractivity contribution in [3.05, 3.63) is 28.8 Å². The van der Waals surface area contributed by atoms with Crippen LogP contribution in [0.15, 0.2) is 18.2 Å².